The molecule has 1 N–H and O–H groups in total. The Morgan fingerprint density at radius 1 is 1.54 bits per heavy atom. The summed E-state index contributed by atoms with van der Waals surface area (Å²) in [5, 5.41) is 9.45. The Kier molecular flexibility index (Phi) is 2.07. The molecule has 72 valence electrons. The van der Waals surface area contributed by atoms with Crippen LogP contribution in [-0.4, -0.2) is 24.0 Å². The van der Waals surface area contributed by atoms with Gasteiger partial charge >= 0.3 is 0 Å². The molecule has 4 heteroatoms. The maximum Gasteiger partial charge on any atom is 0.134 e. The Morgan fingerprint density at radius 3 is 3.08 bits per heavy atom. The van der Waals surface area contributed by atoms with Crippen LogP contribution in [0.5, 0.6) is 0 Å². The zero-order valence-corrected chi connectivity index (χ0v) is 6.91. The SMILES string of the molecule is O[C@H]1CCOC2=CC(F)=CC(F)C21. The summed E-state index contributed by atoms with van der Waals surface area (Å²) >= 11 is 0. The van der Waals surface area contributed by atoms with Crippen molar-refractivity contribution in [1.29, 1.82) is 0 Å². The first-order valence-electron chi connectivity index (χ1n) is 4.22. The summed E-state index contributed by atoms with van der Waals surface area (Å²) < 4.78 is 31.0. The lowest BCUT2D eigenvalue weighted by Crippen LogP contribution is -2.37. The van der Waals surface area contributed by atoms with Crippen LogP contribution in [0.1, 0.15) is 6.42 Å². The summed E-state index contributed by atoms with van der Waals surface area (Å²) in [6.07, 6.45) is 0.169. The zero-order chi connectivity index (χ0) is 9.42. The molecule has 0 bridgehead atoms. The molecular weight excluding hydrogens is 178 g/mol. The van der Waals surface area contributed by atoms with Crippen molar-refractivity contribution < 1.29 is 18.6 Å². The van der Waals surface area contributed by atoms with Crippen molar-refractivity contribution in [3.63, 3.8) is 0 Å². The topological polar surface area (TPSA) is 29.5 Å². The molecule has 1 saturated heterocycles. The van der Waals surface area contributed by atoms with Crippen LogP contribution in [0.15, 0.2) is 23.7 Å². The second kappa shape index (κ2) is 3.10. The molecule has 1 fully saturated rings. The fourth-order valence-electron chi connectivity index (χ4n) is 1.71. The molecule has 0 saturated carbocycles. The van der Waals surface area contributed by atoms with E-state index in [4.69, 9.17) is 4.74 Å². The maximum absolute atomic E-state index is 13.2. The van der Waals surface area contributed by atoms with Crippen LogP contribution in [0.25, 0.3) is 0 Å². The van der Waals surface area contributed by atoms with E-state index < -0.39 is 24.0 Å². The molecule has 1 aliphatic heterocycles. The highest BCUT2D eigenvalue weighted by Crippen LogP contribution is 2.34. The van der Waals surface area contributed by atoms with Crippen molar-refractivity contribution >= 4 is 0 Å². The summed E-state index contributed by atoms with van der Waals surface area (Å²) in [4.78, 5) is 0. The number of ether oxygens (including phenoxy) is 1. The van der Waals surface area contributed by atoms with Gasteiger partial charge in [0.1, 0.15) is 17.8 Å². The van der Waals surface area contributed by atoms with Gasteiger partial charge in [-0.25, -0.2) is 8.78 Å². The van der Waals surface area contributed by atoms with Crippen LogP contribution in [0, 0.1) is 5.92 Å². The molecule has 0 aromatic rings. The fraction of sp³-hybridized carbons (Fsp3) is 0.556. The van der Waals surface area contributed by atoms with Gasteiger partial charge in [-0.15, -0.1) is 0 Å². The third-order valence-electron chi connectivity index (χ3n) is 2.37. The molecule has 2 rings (SSSR count). The van der Waals surface area contributed by atoms with Gasteiger partial charge in [0.15, 0.2) is 0 Å². The van der Waals surface area contributed by atoms with Crippen LogP contribution < -0.4 is 0 Å². The number of allylic oxidation sites excluding steroid dienone is 3. The Labute approximate surface area is 74.5 Å². The van der Waals surface area contributed by atoms with Crippen molar-refractivity contribution in [1.82, 2.24) is 0 Å². The third kappa shape index (κ3) is 1.46. The van der Waals surface area contributed by atoms with E-state index in [0.29, 0.717) is 13.0 Å². The van der Waals surface area contributed by atoms with Gasteiger partial charge in [0, 0.05) is 12.5 Å². The molecule has 0 amide bonds. The van der Waals surface area contributed by atoms with Gasteiger partial charge in [-0.2, -0.15) is 0 Å². The standard InChI is InChI=1S/C9H10F2O2/c10-5-3-6(11)9-7(12)1-2-13-8(9)4-5/h3-4,6-7,9,12H,1-2H2/t6?,7-,9?/m0/s1. The van der Waals surface area contributed by atoms with Crippen LogP contribution >= 0.6 is 0 Å². The van der Waals surface area contributed by atoms with Crippen LogP contribution in [0.3, 0.4) is 0 Å². The Hall–Kier alpha value is -0.900. The Balaban J connectivity index is 2.28. The zero-order valence-electron chi connectivity index (χ0n) is 6.91. The predicted octanol–water partition coefficient (Wildman–Crippen LogP) is 1.47. The lowest BCUT2D eigenvalue weighted by Gasteiger charge is -2.33. The van der Waals surface area contributed by atoms with Gasteiger partial charge in [0.25, 0.3) is 0 Å². The minimum atomic E-state index is -1.48. The summed E-state index contributed by atoms with van der Waals surface area (Å²) in [6, 6.07) is 0. The average molecular weight is 188 g/mol. The van der Waals surface area contributed by atoms with Crippen LogP contribution in [0.4, 0.5) is 8.78 Å². The highest BCUT2D eigenvalue weighted by atomic mass is 19.1. The highest BCUT2D eigenvalue weighted by molar-refractivity contribution is 5.27. The van der Waals surface area contributed by atoms with Crippen molar-refractivity contribution in [3.05, 3.63) is 23.7 Å². The second-order valence-electron chi connectivity index (χ2n) is 3.27. The van der Waals surface area contributed by atoms with E-state index in [1.54, 1.807) is 0 Å². The van der Waals surface area contributed by atoms with E-state index in [-0.39, 0.29) is 5.76 Å². The van der Waals surface area contributed by atoms with E-state index in [2.05, 4.69) is 0 Å². The smallest absolute Gasteiger partial charge is 0.134 e. The first-order valence-corrected chi connectivity index (χ1v) is 4.22. The van der Waals surface area contributed by atoms with Gasteiger partial charge in [0.2, 0.25) is 0 Å². The van der Waals surface area contributed by atoms with E-state index in [9.17, 15) is 13.9 Å². The number of fused-ring (bicyclic) bond motifs is 1. The normalized spacial score (nSPS) is 38.5. The molecule has 1 aliphatic carbocycles. The fourth-order valence-corrected chi connectivity index (χ4v) is 1.71. The quantitative estimate of drug-likeness (QED) is 0.623. The van der Waals surface area contributed by atoms with E-state index in [1.165, 1.54) is 0 Å². The molecule has 1 heterocycles. The summed E-state index contributed by atoms with van der Waals surface area (Å²) in [5.74, 6) is -1.12. The van der Waals surface area contributed by atoms with Crippen molar-refractivity contribution in [3.8, 4) is 0 Å². The molecule has 2 aliphatic rings. The number of aliphatic hydroxyl groups is 1. The molecule has 3 atom stereocenters. The second-order valence-corrected chi connectivity index (χ2v) is 3.27. The molecule has 2 unspecified atom stereocenters. The van der Waals surface area contributed by atoms with E-state index in [1.807, 2.05) is 0 Å². The van der Waals surface area contributed by atoms with E-state index >= 15 is 0 Å². The minimum Gasteiger partial charge on any atom is -0.497 e. The van der Waals surface area contributed by atoms with Gasteiger partial charge in [-0.05, 0) is 6.08 Å². The highest BCUT2D eigenvalue weighted by Gasteiger charge is 2.37. The molecule has 13 heavy (non-hydrogen) atoms. The van der Waals surface area contributed by atoms with Crippen molar-refractivity contribution in [2.75, 3.05) is 6.61 Å². The molecule has 0 aromatic carbocycles. The van der Waals surface area contributed by atoms with Gasteiger partial charge in [-0.1, -0.05) is 0 Å². The van der Waals surface area contributed by atoms with Gasteiger partial charge < -0.3 is 9.84 Å². The number of alkyl halides is 1. The first-order chi connectivity index (χ1) is 6.18. The Morgan fingerprint density at radius 2 is 2.31 bits per heavy atom. The predicted molar refractivity (Wildman–Crippen MR) is 42.2 cm³/mol. The molecule has 0 spiro atoms. The largest absolute Gasteiger partial charge is 0.497 e. The number of aliphatic hydroxyl groups excluding tert-OH is 1. The van der Waals surface area contributed by atoms with Crippen LogP contribution in [-0.2, 0) is 4.74 Å². The lowest BCUT2D eigenvalue weighted by molar-refractivity contribution is -0.0131. The maximum atomic E-state index is 13.2. The third-order valence-corrected chi connectivity index (χ3v) is 2.37. The summed E-state index contributed by atoms with van der Waals surface area (Å²) in [6.45, 7) is 0.323. The summed E-state index contributed by atoms with van der Waals surface area (Å²) in [5.41, 5.74) is 0. The first kappa shape index (κ1) is 8.69. The van der Waals surface area contributed by atoms with Crippen LogP contribution in [0.2, 0.25) is 0 Å². The average Bonchev–Trinajstić information content (AvgIpc) is 2.02. The molecule has 2 nitrogen and oxygen atoms in total. The monoisotopic (exact) mass is 188 g/mol. The summed E-state index contributed by atoms with van der Waals surface area (Å²) in [7, 11) is 0. The van der Waals surface area contributed by atoms with Crippen molar-refractivity contribution in [2.24, 2.45) is 5.92 Å². The number of hydrogen-bond acceptors (Lipinski definition) is 2. The van der Waals surface area contributed by atoms with E-state index in [0.717, 1.165) is 12.2 Å². The number of halogens is 2. The number of hydrogen-bond donors (Lipinski definition) is 1. The molecule has 0 aromatic heterocycles. The molecular formula is C9H10F2O2. The number of rotatable bonds is 0. The Bertz CT molecular complexity index is 273. The van der Waals surface area contributed by atoms with Crippen molar-refractivity contribution in [2.45, 2.75) is 18.7 Å². The van der Waals surface area contributed by atoms with Gasteiger partial charge in [-0.3, -0.25) is 0 Å². The minimum absolute atomic E-state index is 0.228. The van der Waals surface area contributed by atoms with Gasteiger partial charge in [0.05, 0.1) is 18.6 Å². The molecule has 0 radical (unpaired) electrons. The lowest BCUT2D eigenvalue weighted by atomic mass is 9.87.